The van der Waals surface area contributed by atoms with Crippen LogP contribution >= 0.6 is 11.3 Å². The first-order valence-corrected chi connectivity index (χ1v) is 7.09. The van der Waals surface area contributed by atoms with Crippen LogP contribution in [0.15, 0.2) is 10.3 Å². The van der Waals surface area contributed by atoms with Gasteiger partial charge in [-0.25, -0.2) is 18.4 Å². The number of hydrogen-bond donors (Lipinski definition) is 1. The summed E-state index contributed by atoms with van der Waals surface area (Å²) >= 11 is 0.852. The number of aryl methyl sites for hydroxylation is 1. The number of ether oxygens (including phenoxy) is 1. The molecule has 2 N–H and O–H groups in total. The molecule has 16 heavy (non-hydrogen) atoms. The Hall–Kier alpha value is -0.920. The maximum absolute atomic E-state index is 11.5. The topological polar surface area (TPSA) is 86.5 Å². The van der Waals surface area contributed by atoms with Crippen molar-refractivity contribution in [1.29, 1.82) is 0 Å². The second-order valence-electron chi connectivity index (χ2n) is 3.04. The zero-order chi connectivity index (χ0) is 12.3. The molecule has 0 aliphatic heterocycles. The molecule has 5 nitrogen and oxygen atoms in total. The summed E-state index contributed by atoms with van der Waals surface area (Å²) in [6, 6.07) is 1.42. The maximum atomic E-state index is 11.5. The number of carbonyl (C=O) groups is 1. The van der Waals surface area contributed by atoms with Crippen LogP contribution in [0.25, 0.3) is 0 Å². The van der Waals surface area contributed by atoms with Crippen molar-refractivity contribution >= 4 is 27.3 Å². The Labute approximate surface area is 98.3 Å². The van der Waals surface area contributed by atoms with Crippen molar-refractivity contribution in [1.82, 2.24) is 0 Å². The summed E-state index contributed by atoms with van der Waals surface area (Å²) < 4.78 is 27.1. The van der Waals surface area contributed by atoms with Crippen molar-refractivity contribution in [3.63, 3.8) is 0 Å². The van der Waals surface area contributed by atoms with Gasteiger partial charge in [0.2, 0.25) is 10.0 Å². The summed E-state index contributed by atoms with van der Waals surface area (Å²) in [5.41, 5.74) is 0.646. The van der Waals surface area contributed by atoms with Crippen LogP contribution in [-0.2, 0) is 21.2 Å². The van der Waals surface area contributed by atoms with Gasteiger partial charge in [0, 0.05) is 0 Å². The molecule has 1 rings (SSSR count). The smallest absolute Gasteiger partial charge is 0.348 e. The average molecular weight is 263 g/mol. The number of rotatable bonds is 4. The summed E-state index contributed by atoms with van der Waals surface area (Å²) in [5, 5.41) is 5.00. The van der Waals surface area contributed by atoms with Gasteiger partial charge in [-0.1, -0.05) is 6.92 Å². The predicted molar refractivity (Wildman–Crippen MR) is 61.0 cm³/mol. The fourth-order valence-corrected chi connectivity index (χ4v) is 3.08. The number of hydrogen-bond acceptors (Lipinski definition) is 5. The van der Waals surface area contributed by atoms with Crippen molar-refractivity contribution in [3.05, 3.63) is 16.5 Å². The standard InChI is InChI=1S/C9H13NO4S2/c1-3-6-5-7(16(10,12)13)15-8(6)9(11)14-4-2/h5H,3-4H2,1-2H3,(H2,10,12,13). The molecule has 0 aromatic carbocycles. The van der Waals surface area contributed by atoms with Crippen LogP contribution < -0.4 is 5.14 Å². The highest BCUT2D eigenvalue weighted by molar-refractivity contribution is 7.91. The van der Waals surface area contributed by atoms with Crippen LogP contribution in [0.3, 0.4) is 0 Å². The van der Waals surface area contributed by atoms with Gasteiger partial charge in [-0.2, -0.15) is 0 Å². The number of sulfonamides is 1. The molecule has 0 fully saturated rings. The Balaban J connectivity index is 3.19. The van der Waals surface area contributed by atoms with Gasteiger partial charge in [0.15, 0.2) is 0 Å². The Bertz CT molecular complexity index is 490. The third-order valence-corrected chi connectivity index (χ3v) is 4.49. The molecule has 1 heterocycles. The molecular weight excluding hydrogens is 250 g/mol. The molecule has 7 heteroatoms. The lowest BCUT2D eigenvalue weighted by Gasteiger charge is -2.00. The van der Waals surface area contributed by atoms with E-state index in [-0.39, 0.29) is 10.8 Å². The number of thiophene rings is 1. The molecular formula is C9H13NO4S2. The maximum Gasteiger partial charge on any atom is 0.348 e. The fraction of sp³-hybridized carbons (Fsp3) is 0.444. The lowest BCUT2D eigenvalue weighted by molar-refractivity contribution is 0.0531. The molecule has 0 unspecified atom stereocenters. The van der Waals surface area contributed by atoms with Gasteiger partial charge in [0.25, 0.3) is 0 Å². The zero-order valence-corrected chi connectivity index (χ0v) is 10.7. The monoisotopic (exact) mass is 263 g/mol. The average Bonchev–Trinajstić information content (AvgIpc) is 2.61. The van der Waals surface area contributed by atoms with Gasteiger partial charge in [0.1, 0.15) is 9.09 Å². The van der Waals surface area contributed by atoms with Crippen LogP contribution in [-0.4, -0.2) is 21.0 Å². The Kier molecular flexibility index (Phi) is 4.06. The van der Waals surface area contributed by atoms with Gasteiger partial charge in [-0.15, -0.1) is 11.3 Å². The highest BCUT2D eigenvalue weighted by Gasteiger charge is 2.20. The second kappa shape index (κ2) is 4.94. The first kappa shape index (κ1) is 13.1. The van der Waals surface area contributed by atoms with Gasteiger partial charge in [-0.3, -0.25) is 0 Å². The molecule has 0 bridgehead atoms. The van der Waals surface area contributed by atoms with Crippen molar-refractivity contribution in [2.75, 3.05) is 6.61 Å². The highest BCUT2D eigenvalue weighted by Crippen LogP contribution is 2.26. The fourth-order valence-electron chi connectivity index (χ4n) is 1.18. The van der Waals surface area contributed by atoms with E-state index in [1.807, 2.05) is 6.92 Å². The summed E-state index contributed by atoms with van der Waals surface area (Å²) in [6.07, 6.45) is 0.556. The van der Waals surface area contributed by atoms with E-state index in [2.05, 4.69) is 0 Å². The molecule has 0 saturated heterocycles. The van der Waals surface area contributed by atoms with E-state index >= 15 is 0 Å². The Morgan fingerprint density at radius 3 is 2.56 bits per heavy atom. The molecule has 0 atom stereocenters. The Morgan fingerprint density at radius 1 is 1.50 bits per heavy atom. The number of esters is 1. The van der Waals surface area contributed by atoms with Crippen molar-refractivity contribution in [3.8, 4) is 0 Å². The SMILES string of the molecule is CCOC(=O)c1sc(S(N)(=O)=O)cc1CC. The van der Waals surface area contributed by atoms with E-state index in [0.29, 0.717) is 16.9 Å². The number of nitrogens with two attached hydrogens (primary N) is 1. The van der Waals surface area contributed by atoms with Gasteiger partial charge < -0.3 is 4.74 Å². The molecule has 0 radical (unpaired) electrons. The van der Waals surface area contributed by atoms with Gasteiger partial charge >= 0.3 is 5.97 Å². The third-order valence-electron chi connectivity index (χ3n) is 1.91. The molecule has 1 aromatic rings. The van der Waals surface area contributed by atoms with Crippen LogP contribution in [0.4, 0.5) is 0 Å². The lowest BCUT2D eigenvalue weighted by Crippen LogP contribution is -2.10. The highest BCUT2D eigenvalue weighted by atomic mass is 32.2. The quantitative estimate of drug-likeness (QED) is 0.825. The van der Waals surface area contributed by atoms with Crippen molar-refractivity contribution in [2.24, 2.45) is 5.14 Å². The molecule has 0 spiro atoms. The van der Waals surface area contributed by atoms with Gasteiger partial charge in [0.05, 0.1) is 6.61 Å². The molecule has 0 aliphatic rings. The van der Waals surface area contributed by atoms with E-state index < -0.39 is 16.0 Å². The molecule has 1 aromatic heterocycles. The summed E-state index contributed by atoms with van der Waals surface area (Å²) in [4.78, 5) is 11.8. The number of primary sulfonamides is 1. The molecule has 0 amide bonds. The predicted octanol–water partition coefficient (Wildman–Crippen LogP) is 1.13. The largest absolute Gasteiger partial charge is 0.462 e. The van der Waals surface area contributed by atoms with E-state index in [1.165, 1.54) is 6.07 Å². The molecule has 90 valence electrons. The first-order chi connectivity index (χ1) is 7.40. The summed E-state index contributed by atoms with van der Waals surface area (Å²) in [7, 11) is -3.75. The van der Waals surface area contributed by atoms with Crippen LogP contribution in [0.1, 0.15) is 29.1 Å². The molecule has 0 saturated carbocycles. The number of carbonyl (C=O) groups excluding carboxylic acids is 1. The van der Waals surface area contributed by atoms with Crippen LogP contribution in [0.5, 0.6) is 0 Å². The third kappa shape index (κ3) is 2.81. The van der Waals surface area contributed by atoms with E-state index in [1.54, 1.807) is 6.92 Å². The normalized spacial score (nSPS) is 11.4. The second-order valence-corrected chi connectivity index (χ2v) is 5.88. The van der Waals surface area contributed by atoms with Gasteiger partial charge in [-0.05, 0) is 25.0 Å². The Morgan fingerprint density at radius 2 is 2.12 bits per heavy atom. The van der Waals surface area contributed by atoms with Crippen molar-refractivity contribution in [2.45, 2.75) is 24.5 Å². The van der Waals surface area contributed by atoms with E-state index in [0.717, 1.165) is 11.3 Å². The minimum absolute atomic E-state index is 0.00703. The lowest BCUT2D eigenvalue weighted by atomic mass is 10.2. The minimum atomic E-state index is -3.75. The zero-order valence-electron chi connectivity index (χ0n) is 9.02. The summed E-state index contributed by atoms with van der Waals surface area (Å²) in [5.74, 6) is -0.501. The summed E-state index contributed by atoms with van der Waals surface area (Å²) in [6.45, 7) is 3.78. The van der Waals surface area contributed by atoms with E-state index in [9.17, 15) is 13.2 Å². The first-order valence-electron chi connectivity index (χ1n) is 4.72. The van der Waals surface area contributed by atoms with Crippen molar-refractivity contribution < 1.29 is 17.9 Å². The van der Waals surface area contributed by atoms with E-state index in [4.69, 9.17) is 9.88 Å². The van der Waals surface area contributed by atoms with Crippen LogP contribution in [0, 0.1) is 0 Å². The van der Waals surface area contributed by atoms with Crippen LogP contribution in [0.2, 0.25) is 0 Å². The minimum Gasteiger partial charge on any atom is -0.462 e. The molecule has 0 aliphatic carbocycles.